The van der Waals surface area contributed by atoms with E-state index < -0.39 is 0 Å². The average molecular weight is 274 g/mol. The largest absolute Gasteiger partial charge is 0.370 e. The normalized spacial score (nSPS) is 23.7. The topological polar surface area (TPSA) is 32.8 Å². The zero-order valence-electron chi connectivity index (χ0n) is 11.8. The van der Waals surface area contributed by atoms with E-state index in [0.717, 1.165) is 52.0 Å². The van der Waals surface area contributed by atoms with Gasteiger partial charge in [-0.1, -0.05) is 18.2 Å². The molecule has 2 aliphatic rings. The van der Waals surface area contributed by atoms with Crippen molar-refractivity contribution in [1.82, 2.24) is 4.90 Å². The second kappa shape index (κ2) is 6.27. The highest BCUT2D eigenvalue weighted by Crippen LogP contribution is 2.18. The SMILES string of the molecule is O=C(C1CCCO1)N1CCCN(c2ccccc2)CC1. The van der Waals surface area contributed by atoms with Crippen LogP contribution in [0.4, 0.5) is 5.69 Å². The van der Waals surface area contributed by atoms with Gasteiger partial charge in [-0.3, -0.25) is 4.79 Å². The Bertz CT molecular complexity index is 443. The van der Waals surface area contributed by atoms with E-state index in [1.54, 1.807) is 0 Å². The summed E-state index contributed by atoms with van der Waals surface area (Å²) in [6.07, 6.45) is 2.74. The quantitative estimate of drug-likeness (QED) is 0.826. The molecule has 2 heterocycles. The summed E-state index contributed by atoms with van der Waals surface area (Å²) in [4.78, 5) is 16.7. The molecule has 1 atom stereocenters. The van der Waals surface area contributed by atoms with E-state index in [-0.39, 0.29) is 12.0 Å². The Labute approximate surface area is 120 Å². The van der Waals surface area contributed by atoms with Gasteiger partial charge in [0.25, 0.3) is 5.91 Å². The second-order valence-electron chi connectivity index (χ2n) is 5.50. The molecule has 0 N–H and O–H groups in total. The predicted octanol–water partition coefficient (Wildman–Crippen LogP) is 1.90. The lowest BCUT2D eigenvalue weighted by Crippen LogP contribution is -2.41. The van der Waals surface area contributed by atoms with E-state index in [2.05, 4.69) is 29.2 Å². The Morgan fingerprint density at radius 1 is 1.05 bits per heavy atom. The van der Waals surface area contributed by atoms with Gasteiger partial charge in [0.05, 0.1) is 0 Å². The molecule has 2 aliphatic heterocycles. The van der Waals surface area contributed by atoms with Gasteiger partial charge in [0.2, 0.25) is 0 Å². The van der Waals surface area contributed by atoms with Crippen LogP contribution in [0.5, 0.6) is 0 Å². The number of hydrogen-bond acceptors (Lipinski definition) is 3. The lowest BCUT2D eigenvalue weighted by atomic mass is 10.2. The van der Waals surface area contributed by atoms with Crippen molar-refractivity contribution in [3.63, 3.8) is 0 Å². The molecule has 1 amide bonds. The molecule has 1 aromatic carbocycles. The number of para-hydroxylation sites is 1. The number of amides is 1. The fourth-order valence-electron chi connectivity index (χ4n) is 3.01. The fraction of sp³-hybridized carbons (Fsp3) is 0.562. The van der Waals surface area contributed by atoms with Crippen LogP contribution in [0.15, 0.2) is 30.3 Å². The summed E-state index contributed by atoms with van der Waals surface area (Å²) in [6, 6.07) is 10.4. The fourth-order valence-corrected chi connectivity index (χ4v) is 3.01. The Kier molecular flexibility index (Phi) is 4.21. The Morgan fingerprint density at radius 2 is 1.90 bits per heavy atom. The van der Waals surface area contributed by atoms with Crippen LogP contribution in [0.3, 0.4) is 0 Å². The molecule has 2 saturated heterocycles. The van der Waals surface area contributed by atoms with Crippen molar-refractivity contribution in [2.75, 3.05) is 37.7 Å². The summed E-state index contributed by atoms with van der Waals surface area (Å²) >= 11 is 0. The van der Waals surface area contributed by atoms with E-state index >= 15 is 0 Å². The molecule has 0 radical (unpaired) electrons. The minimum atomic E-state index is -0.182. The highest BCUT2D eigenvalue weighted by Gasteiger charge is 2.29. The summed E-state index contributed by atoms with van der Waals surface area (Å²) in [5, 5.41) is 0. The molecule has 3 rings (SSSR count). The van der Waals surface area contributed by atoms with E-state index in [9.17, 15) is 4.79 Å². The number of carbonyl (C=O) groups is 1. The molecular weight excluding hydrogens is 252 g/mol. The van der Waals surface area contributed by atoms with Crippen molar-refractivity contribution in [2.24, 2.45) is 0 Å². The van der Waals surface area contributed by atoms with Crippen LogP contribution >= 0.6 is 0 Å². The number of carbonyl (C=O) groups excluding carboxylic acids is 1. The maximum atomic E-state index is 12.4. The van der Waals surface area contributed by atoms with Crippen LogP contribution in [0.2, 0.25) is 0 Å². The number of ether oxygens (including phenoxy) is 1. The standard InChI is InChI=1S/C16H22N2O2/c19-16(15-8-4-13-20-15)18-10-5-9-17(11-12-18)14-6-2-1-3-7-14/h1-3,6-7,15H,4-5,8-13H2. The molecule has 4 nitrogen and oxygen atoms in total. The van der Waals surface area contributed by atoms with Gasteiger partial charge in [-0.05, 0) is 31.4 Å². The smallest absolute Gasteiger partial charge is 0.251 e. The number of rotatable bonds is 2. The van der Waals surface area contributed by atoms with Crippen LogP contribution in [0, 0.1) is 0 Å². The van der Waals surface area contributed by atoms with Gasteiger partial charge in [0.15, 0.2) is 0 Å². The van der Waals surface area contributed by atoms with Gasteiger partial charge in [-0.15, -0.1) is 0 Å². The molecular formula is C16H22N2O2. The van der Waals surface area contributed by atoms with Crippen molar-refractivity contribution in [1.29, 1.82) is 0 Å². The molecule has 0 spiro atoms. The third-order valence-electron chi connectivity index (χ3n) is 4.13. The molecule has 0 saturated carbocycles. The van der Waals surface area contributed by atoms with Crippen LogP contribution in [-0.4, -0.2) is 49.7 Å². The van der Waals surface area contributed by atoms with E-state index in [0.29, 0.717) is 0 Å². The lowest BCUT2D eigenvalue weighted by molar-refractivity contribution is -0.140. The minimum absolute atomic E-state index is 0.182. The number of benzene rings is 1. The zero-order chi connectivity index (χ0) is 13.8. The summed E-state index contributed by atoms with van der Waals surface area (Å²) in [5.74, 6) is 0.192. The maximum absolute atomic E-state index is 12.4. The van der Waals surface area contributed by atoms with Gasteiger partial charge in [0, 0.05) is 38.5 Å². The van der Waals surface area contributed by atoms with Crippen molar-refractivity contribution < 1.29 is 9.53 Å². The summed E-state index contributed by atoms with van der Waals surface area (Å²) in [5.41, 5.74) is 1.25. The Morgan fingerprint density at radius 3 is 2.65 bits per heavy atom. The first-order valence-corrected chi connectivity index (χ1v) is 7.55. The number of nitrogens with zero attached hydrogens (tertiary/aromatic N) is 2. The van der Waals surface area contributed by atoms with Gasteiger partial charge in [-0.25, -0.2) is 0 Å². The predicted molar refractivity (Wildman–Crippen MR) is 78.8 cm³/mol. The first kappa shape index (κ1) is 13.4. The summed E-state index contributed by atoms with van der Waals surface area (Å²) in [6.45, 7) is 4.30. The van der Waals surface area contributed by atoms with Crippen LogP contribution in [0.1, 0.15) is 19.3 Å². The second-order valence-corrected chi connectivity index (χ2v) is 5.50. The third kappa shape index (κ3) is 2.96. The molecule has 1 unspecified atom stereocenters. The first-order chi connectivity index (χ1) is 9.84. The molecule has 20 heavy (non-hydrogen) atoms. The number of hydrogen-bond donors (Lipinski definition) is 0. The van der Waals surface area contributed by atoms with Gasteiger partial charge >= 0.3 is 0 Å². The first-order valence-electron chi connectivity index (χ1n) is 7.55. The zero-order valence-corrected chi connectivity index (χ0v) is 11.8. The van der Waals surface area contributed by atoms with Crippen molar-refractivity contribution in [2.45, 2.75) is 25.4 Å². The highest BCUT2D eigenvalue weighted by molar-refractivity contribution is 5.81. The van der Waals surface area contributed by atoms with Gasteiger partial charge in [0.1, 0.15) is 6.10 Å². The van der Waals surface area contributed by atoms with Gasteiger partial charge in [-0.2, -0.15) is 0 Å². The molecule has 108 valence electrons. The van der Waals surface area contributed by atoms with Crippen molar-refractivity contribution in [3.05, 3.63) is 30.3 Å². The highest BCUT2D eigenvalue weighted by atomic mass is 16.5. The van der Waals surface area contributed by atoms with E-state index in [1.165, 1.54) is 5.69 Å². The maximum Gasteiger partial charge on any atom is 0.251 e. The third-order valence-corrected chi connectivity index (χ3v) is 4.13. The molecule has 1 aromatic rings. The molecule has 0 aromatic heterocycles. The number of anilines is 1. The summed E-state index contributed by atoms with van der Waals surface area (Å²) < 4.78 is 5.52. The monoisotopic (exact) mass is 274 g/mol. The van der Waals surface area contributed by atoms with Gasteiger partial charge < -0.3 is 14.5 Å². The van der Waals surface area contributed by atoms with Crippen LogP contribution in [-0.2, 0) is 9.53 Å². The Hall–Kier alpha value is -1.55. The molecule has 0 aliphatic carbocycles. The molecule has 2 fully saturated rings. The molecule has 4 heteroatoms. The Balaban J connectivity index is 1.60. The molecule has 0 bridgehead atoms. The van der Waals surface area contributed by atoms with Crippen LogP contribution in [0.25, 0.3) is 0 Å². The van der Waals surface area contributed by atoms with E-state index in [4.69, 9.17) is 4.74 Å². The van der Waals surface area contributed by atoms with Crippen molar-refractivity contribution >= 4 is 11.6 Å². The van der Waals surface area contributed by atoms with E-state index in [1.807, 2.05) is 11.0 Å². The minimum Gasteiger partial charge on any atom is -0.370 e. The van der Waals surface area contributed by atoms with Crippen LogP contribution < -0.4 is 4.90 Å². The summed E-state index contributed by atoms with van der Waals surface area (Å²) in [7, 11) is 0. The average Bonchev–Trinajstić information content (AvgIpc) is 2.92. The van der Waals surface area contributed by atoms with Crippen molar-refractivity contribution in [3.8, 4) is 0 Å². The lowest BCUT2D eigenvalue weighted by Gasteiger charge is -2.25.